The second-order valence-corrected chi connectivity index (χ2v) is 6.95. The lowest BCUT2D eigenvalue weighted by Crippen LogP contribution is -2.33. The van der Waals surface area contributed by atoms with E-state index in [9.17, 15) is 9.00 Å². The Morgan fingerprint density at radius 1 is 1.33 bits per heavy atom. The van der Waals surface area contributed by atoms with Crippen molar-refractivity contribution in [3.8, 4) is 5.75 Å². The number of rotatable bonds is 4. The SMILES string of the molecule is CC(=O)Oc1ccccc1CNS(=O)C(C)(C)C. The normalized spacial score (nSPS) is 13.1. The molecule has 0 aliphatic heterocycles. The van der Waals surface area contributed by atoms with Gasteiger partial charge in [-0.1, -0.05) is 18.2 Å². The van der Waals surface area contributed by atoms with Gasteiger partial charge in [-0.05, 0) is 26.8 Å². The Morgan fingerprint density at radius 2 is 1.94 bits per heavy atom. The molecule has 100 valence electrons. The maximum Gasteiger partial charge on any atom is 0.308 e. The van der Waals surface area contributed by atoms with Crippen molar-refractivity contribution in [1.29, 1.82) is 0 Å². The molecule has 4 nitrogen and oxygen atoms in total. The fraction of sp³-hybridized carbons (Fsp3) is 0.462. The van der Waals surface area contributed by atoms with Gasteiger partial charge in [-0.25, -0.2) is 8.93 Å². The molecule has 5 heteroatoms. The highest BCUT2D eigenvalue weighted by Crippen LogP contribution is 2.18. The van der Waals surface area contributed by atoms with Crippen LogP contribution in [-0.4, -0.2) is 14.9 Å². The van der Waals surface area contributed by atoms with Crippen LogP contribution in [0.5, 0.6) is 5.75 Å². The van der Waals surface area contributed by atoms with Gasteiger partial charge in [0.05, 0.1) is 15.7 Å². The van der Waals surface area contributed by atoms with E-state index in [2.05, 4.69) is 4.72 Å². The van der Waals surface area contributed by atoms with E-state index in [4.69, 9.17) is 4.74 Å². The highest BCUT2D eigenvalue weighted by molar-refractivity contribution is 7.84. The van der Waals surface area contributed by atoms with Crippen LogP contribution < -0.4 is 9.46 Å². The number of carbonyl (C=O) groups excluding carboxylic acids is 1. The van der Waals surface area contributed by atoms with Gasteiger partial charge >= 0.3 is 5.97 Å². The van der Waals surface area contributed by atoms with Crippen LogP contribution in [0.2, 0.25) is 0 Å². The summed E-state index contributed by atoms with van der Waals surface area (Å²) in [4.78, 5) is 11.0. The van der Waals surface area contributed by atoms with Crippen LogP contribution in [0.15, 0.2) is 24.3 Å². The fourth-order valence-electron chi connectivity index (χ4n) is 1.26. The first-order valence-corrected chi connectivity index (χ1v) is 6.87. The molecule has 0 aromatic heterocycles. The standard InChI is InChI=1S/C13H19NO3S/c1-10(15)17-12-8-6-5-7-11(12)9-14-18(16)13(2,3)4/h5-8,14H,9H2,1-4H3. The number of para-hydroxylation sites is 1. The Balaban J connectivity index is 2.73. The summed E-state index contributed by atoms with van der Waals surface area (Å²) in [5.74, 6) is 0.141. The molecule has 0 saturated heterocycles. The molecule has 0 spiro atoms. The Hall–Kier alpha value is -1.20. The van der Waals surface area contributed by atoms with Crippen LogP contribution in [0.3, 0.4) is 0 Å². The molecule has 1 rings (SSSR count). The molecule has 0 heterocycles. The molecule has 0 aliphatic carbocycles. The van der Waals surface area contributed by atoms with E-state index in [-0.39, 0.29) is 10.7 Å². The molecule has 0 bridgehead atoms. The van der Waals surface area contributed by atoms with Crippen molar-refractivity contribution in [2.45, 2.75) is 39.0 Å². The molecule has 0 aliphatic rings. The predicted octanol–water partition coefficient (Wildman–Crippen LogP) is 2.16. The summed E-state index contributed by atoms with van der Waals surface area (Å²) in [6, 6.07) is 7.20. The maximum absolute atomic E-state index is 11.9. The van der Waals surface area contributed by atoms with Crippen molar-refractivity contribution in [3.63, 3.8) is 0 Å². The molecular weight excluding hydrogens is 250 g/mol. The van der Waals surface area contributed by atoms with Gasteiger partial charge in [-0.15, -0.1) is 0 Å². The van der Waals surface area contributed by atoms with E-state index in [0.717, 1.165) is 5.56 Å². The fourth-order valence-corrected chi connectivity index (χ4v) is 1.98. The summed E-state index contributed by atoms with van der Waals surface area (Å²) in [5, 5.41) is 0. The number of esters is 1. The molecule has 1 unspecified atom stereocenters. The Kier molecular flexibility index (Phi) is 5.04. The minimum atomic E-state index is -1.15. The minimum absolute atomic E-state index is 0.323. The zero-order valence-corrected chi connectivity index (χ0v) is 12.0. The molecule has 0 radical (unpaired) electrons. The van der Waals surface area contributed by atoms with E-state index >= 15 is 0 Å². The van der Waals surface area contributed by atoms with E-state index < -0.39 is 11.0 Å². The van der Waals surface area contributed by atoms with Crippen LogP contribution in [0.25, 0.3) is 0 Å². The Bertz CT molecular complexity index is 452. The van der Waals surface area contributed by atoms with E-state index in [1.54, 1.807) is 12.1 Å². The summed E-state index contributed by atoms with van der Waals surface area (Å²) in [6.07, 6.45) is 0. The molecule has 0 amide bonds. The summed E-state index contributed by atoms with van der Waals surface area (Å²) in [6.45, 7) is 7.45. The van der Waals surface area contributed by atoms with E-state index in [0.29, 0.717) is 12.3 Å². The lowest BCUT2D eigenvalue weighted by molar-refractivity contribution is -0.131. The van der Waals surface area contributed by atoms with Crippen molar-refractivity contribution < 1.29 is 13.7 Å². The number of hydrogen-bond acceptors (Lipinski definition) is 3. The van der Waals surface area contributed by atoms with E-state index in [1.807, 2.05) is 32.9 Å². The highest BCUT2D eigenvalue weighted by atomic mass is 32.2. The molecule has 1 N–H and O–H groups in total. The highest BCUT2D eigenvalue weighted by Gasteiger charge is 2.19. The number of nitrogens with one attached hydrogen (secondary N) is 1. The van der Waals surface area contributed by atoms with Crippen LogP contribution >= 0.6 is 0 Å². The van der Waals surface area contributed by atoms with Crippen molar-refractivity contribution in [1.82, 2.24) is 4.72 Å². The molecule has 0 fully saturated rings. The van der Waals surface area contributed by atoms with Gasteiger partial charge < -0.3 is 4.74 Å². The van der Waals surface area contributed by atoms with Crippen LogP contribution in [0.4, 0.5) is 0 Å². The summed E-state index contributed by atoms with van der Waals surface area (Å²) in [5.41, 5.74) is 0.810. The number of benzene rings is 1. The van der Waals surface area contributed by atoms with Gasteiger partial charge in [0.2, 0.25) is 0 Å². The van der Waals surface area contributed by atoms with Gasteiger partial charge in [-0.2, -0.15) is 0 Å². The van der Waals surface area contributed by atoms with Crippen molar-refractivity contribution in [3.05, 3.63) is 29.8 Å². The maximum atomic E-state index is 11.9. The van der Waals surface area contributed by atoms with Crippen molar-refractivity contribution >= 4 is 17.0 Å². The molecule has 1 atom stereocenters. The average molecular weight is 269 g/mol. The van der Waals surface area contributed by atoms with Crippen molar-refractivity contribution in [2.24, 2.45) is 0 Å². The summed E-state index contributed by atoms with van der Waals surface area (Å²) in [7, 11) is -1.15. The first-order chi connectivity index (χ1) is 8.30. The van der Waals surface area contributed by atoms with Crippen LogP contribution in [0, 0.1) is 0 Å². The van der Waals surface area contributed by atoms with Gasteiger partial charge in [0.1, 0.15) is 5.75 Å². The monoisotopic (exact) mass is 269 g/mol. The quantitative estimate of drug-likeness (QED) is 0.673. The molecule has 0 saturated carbocycles. The second-order valence-electron chi connectivity index (χ2n) is 4.90. The van der Waals surface area contributed by atoms with Crippen molar-refractivity contribution in [2.75, 3.05) is 0 Å². The molecule has 1 aromatic rings. The summed E-state index contributed by atoms with van der Waals surface area (Å²) >= 11 is 0. The smallest absolute Gasteiger partial charge is 0.308 e. The van der Waals surface area contributed by atoms with Gasteiger partial charge in [0, 0.05) is 19.0 Å². The first-order valence-electron chi connectivity index (χ1n) is 5.72. The Morgan fingerprint density at radius 3 is 2.50 bits per heavy atom. The minimum Gasteiger partial charge on any atom is -0.426 e. The van der Waals surface area contributed by atoms with Gasteiger partial charge in [0.25, 0.3) is 0 Å². The number of carbonyl (C=O) groups is 1. The first kappa shape index (κ1) is 14.9. The van der Waals surface area contributed by atoms with Crippen LogP contribution in [0.1, 0.15) is 33.3 Å². The third-order valence-electron chi connectivity index (χ3n) is 2.18. The lowest BCUT2D eigenvalue weighted by Gasteiger charge is -2.18. The third-order valence-corrected chi connectivity index (χ3v) is 3.70. The predicted molar refractivity (Wildman–Crippen MR) is 72.5 cm³/mol. The average Bonchev–Trinajstić information content (AvgIpc) is 2.25. The van der Waals surface area contributed by atoms with Crippen LogP contribution in [-0.2, 0) is 22.3 Å². The number of hydrogen-bond donors (Lipinski definition) is 1. The third kappa shape index (κ3) is 4.58. The largest absolute Gasteiger partial charge is 0.426 e. The van der Waals surface area contributed by atoms with Gasteiger partial charge in [-0.3, -0.25) is 4.79 Å². The van der Waals surface area contributed by atoms with E-state index in [1.165, 1.54) is 6.92 Å². The number of ether oxygens (including phenoxy) is 1. The Labute approximate surface area is 110 Å². The van der Waals surface area contributed by atoms with Gasteiger partial charge in [0.15, 0.2) is 0 Å². The zero-order valence-electron chi connectivity index (χ0n) is 11.1. The zero-order chi connectivity index (χ0) is 13.8. The molecule has 18 heavy (non-hydrogen) atoms. The second kappa shape index (κ2) is 6.11. The molecule has 1 aromatic carbocycles. The lowest BCUT2D eigenvalue weighted by atomic mass is 10.2. The molecular formula is C13H19NO3S. The topological polar surface area (TPSA) is 55.4 Å². The summed E-state index contributed by atoms with van der Waals surface area (Å²) < 4.78 is 19.6.